The molecule has 1 aromatic heterocycles. The number of carbonyl (C=O) groups excluding carboxylic acids is 2. The molecule has 1 saturated heterocycles. The van der Waals surface area contributed by atoms with Crippen LogP contribution in [-0.2, 0) is 4.79 Å². The summed E-state index contributed by atoms with van der Waals surface area (Å²) in [6, 6.07) is 1.43. The van der Waals surface area contributed by atoms with Crippen LogP contribution in [0.3, 0.4) is 0 Å². The van der Waals surface area contributed by atoms with Crippen molar-refractivity contribution in [2.45, 2.75) is 18.9 Å². The van der Waals surface area contributed by atoms with E-state index in [4.69, 9.17) is 17.3 Å². The van der Waals surface area contributed by atoms with Gasteiger partial charge in [-0.3, -0.25) is 9.59 Å². The van der Waals surface area contributed by atoms with Gasteiger partial charge in [-0.25, -0.2) is 4.98 Å². The summed E-state index contributed by atoms with van der Waals surface area (Å²) in [4.78, 5) is 28.8. The SMILES string of the molecule is CN1CC(NC(=O)c2cnc(N)c(Cl)c2)CCC1=O. The number of nitrogens with zero attached hydrogens (tertiary/aromatic N) is 2. The van der Waals surface area contributed by atoms with Crippen LogP contribution in [0.4, 0.5) is 5.82 Å². The molecule has 1 atom stereocenters. The van der Waals surface area contributed by atoms with Crippen molar-refractivity contribution in [3.63, 3.8) is 0 Å². The van der Waals surface area contributed by atoms with Gasteiger partial charge in [0.2, 0.25) is 5.91 Å². The van der Waals surface area contributed by atoms with E-state index in [9.17, 15) is 9.59 Å². The minimum atomic E-state index is -0.262. The zero-order valence-electron chi connectivity index (χ0n) is 10.5. The van der Waals surface area contributed by atoms with E-state index in [1.807, 2.05) is 0 Å². The summed E-state index contributed by atoms with van der Waals surface area (Å²) in [7, 11) is 1.72. The van der Waals surface area contributed by atoms with Gasteiger partial charge in [0, 0.05) is 32.3 Å². The smallest absolute Gasteiger partial charge is 0.253 e. The number of hydrogen-bond donors (Lipinski definition) is 2. The van der Waals surface area contributed by atoms with E-state index in [2.05, 4.69) is 10.3 Å². The Balaban J connectivity index is 2.01. The first-order valence-electron chi connectivity index (χ1n) is 5.93. The van der Waals surface area contributed by atoms with Crippen LogP contribution in [0.15, 0.2) is 12.3 Å². The van der Waals surface area contributed by atoms with E-state index in [1.54, 1.807) is 11.9 Å². The Kier molecular flexibility index (Phi) is 3.90. The average Bonchev–Trinajstić information content (AvgIpc) is 2.37. The molecule has 2 rings (SSSR count). The summed E-state index contributed by atoms with van der Waals surface area (Å²) >= 11 is 5.82. The highest BCUT2D eigenvalue weighted by Crippen LogP contribution is 2.17. The Hall–Kier alpha value is -1.82. The van der Waals surface area contributed by atoms with Crippen LogP contribution < -0.4 is 11.1 Å². The number of nitrogen functional groups attached to an aromatic ring is 1. The van der Waals surface area contributed by atoms with Gasteiger partial charge in [0.1, 0.15) is 5.82 Å². The van der Waals surface area contributed by atoms with Gasteiger partial charge >= 0.3 is 0 Å². The topological polar surface area (TPSA) is 88.3 Å². The lowest BCUT2D eigenvalue weighted by atomic mass is 10.1. The molecule has 102 valence electrons. The predicted molar refractivity (Wildman–Crippen MR) is 71.8 cm³/mol. The predicted octanol–water partition coefficient (Wildman–Crippen LogP) is 0.668. The van der Waals surface area contributed by atoms with Crippen LogP contribution in [0.2, 0.25) is 5.02 Å². The first-order valence-corrected chi connectivity index (χ1v) is 6.31. The number of aromatic nitrogens is 1. The third-order valence-corrected chi connectivity index (χ3v) is 3.40. The molecule has 0 saturated carbocycles. The fourth-order valence-corrected chi connectivity index (χ4v) is 2.14. The highest BCUT2D eigenvalue weighted by atomic mass is 35.5. The number of halogens is 1. The summed E-state index contributed by atoms with van der Waals surface area (Å²) in [6.07, 6.45) is 2.47. The molecule has 0 aromatic carbocycles. The van der Waals surface area contributed by atoms with Crippen molar-refractivity contribution >= 4 is 29.2 Å². The van der Waals surface area contributed by atoms with E-state index in [1.165, 1.54) is 12.3 Å². The molecule has 1 fully saturated rings. The van der Waals surface area contributed by atoms with Gasteiger partial charge in [-0.05, 0) is 12.5 Å². The fourth-order valence-electron chi connectivity index (χ4n) is 1.97. The van der Waals surface area contributed by atoms with Gasteiger partial charge < -0.3 is 16.0 Å². The summed E-state index contributed by atoms with van der Waals surface area (Å²) in [5.74, 6) is 0.0334. The maximum atomic E-state index is 12.0. The van der Waals surface area contributed by atoms with E-state index >= 15 is 0 Å². The van der Waals surface area contributed by atoms with Crippen LogP contribution in [0.1, 0.15) is 23.2 Å². The first kappa shape index (κ1) is 13.6. The number of amides is 2. The molecule has 7 heteroatoms. The van der Waals surface area contributed by atoms with Crippen LogP contribution in [-0.4, -0.2) is 41.3 Å². The van der Waals surface area contributed by atoms with Gasteiger partial charge in [-0.2, -0.15) is 0 Å². The van der Waals surface area contributed by atoms with Crippen LogP contribution in [0, 0.1) is 0 Å². The van der Waals surface area contributed by atoms with Gasteiger partial charge in [0.25, 0.3) is 5.91 Å². The molecule has 2 amide bonds. The highest BCUT2D eigenvalue weighted by molar-refractivity contribution is 6.33. The Labute approximate surface area is 115 Å². The number of rotatable bonds is 2. The number of nitrogens with one attached hydrogen (secondary N) is 1. The van der Waals surface area contributed by atoms with Crippen LogP contribution >= 0.6 is 11.6 Å². The molecular weight excluding hydrogens is 268 g/mol. The monoisotopic (exact) mass is 282 g/mol. The van der Waals surface area contributed by atoms with Crippen molar-refractivity contribution in [3.05, 3.63) is 22.8 Å². The van der Waals surface area contributed by atoms with Crippen molar-refractivity contribution < 1.29 is 9.59 Å². The molecule has 6 nitrogen and oxygen atoms in total. The van der Waals surface area contributed by atoms with Crippen LogP contribution in [0.5, 0.6) is 0 Å². The number of piperidine rings is 1. The number of likely N-dealkylation sites (N-methyl/N-ethyl adjacent to an activating group) is 1. The molecule has 1 aliphatic heterocycles. The molecule has 1 aromatic rings. The van der Waals surface area contributed by atoms with E-state index in [0.29, 0.717) is 24.9 Å². The molecule has 0 radical (unpaired) electrons. The Morgan fingerprint density at radius 2 is 2.37 bits per heavy atom. The Bertz CT molecular complexity index is 520. The number of carbonyl (C=O) groups is 2. The van der Waals surface area contributed by atoms with E-state index in [0.717, 1.165) is 0 Å². The van der Waals surface area contributed by atoms with Crippen molar-refractivity contribution in [2.24, 2.45) is 0 Å². The second kappa shape index (κ2) is 5.44. The minimum Gasteiger partial charge on any atom is -0.382 e. The van der Waals surface area contributed by atoms with E-state index < -0.39 is 0 Å². The maximum Gasteiger partial charge on any atom is 0.253 e. The zero-order chi connectivity index (χ0) is 14.0. The molecule has 3 N–H and O–H groups in total. The van der Waals surface area contributed by atoms with Gasteiger partial charge in [0.15, 0.2) is 0 Å². The number of anilines is 1. The van der Waals surface area contributed by atoms with Gasteiger partial charge in [-0.1, -0.05) is 11.6 Å². The molecule has 0 bridgehead atoms. The normalized spacial score (nSPS) is 19.4. The first-order chi connectivity index (χ1) is 8.97. The summed E-state index contributed by atoms with van der Waals surface area (Å²) in [6.45, 7) is 0.515. The zero-order valence-corrected chi connectivity index (χ0v) is 11.3. The summed E-state index contributed by atoms with van der Waals surface area (Å²) < 4.78 is 0. The van der Waals surface area contributed by atoms with Crippen molar-refractivity contribution in [2.75, 3.05) is 19.3 Å². The lowest BCUT2D eigenvalue weighted by Gasteiger charge is -2.30. The second-order valence-electron chi connectivity index (χ2n) is 4.57. The Morgan fingerprint density at radius 1 is 1.63 bits per heavy atom. The second-order valence-corrected chi connectivity index (χ2v) is 4.98. The van der Waals surface area contributed by atoms with Gasteiger partial charge in [0.05, 0.1) is 10.6 Å². The van der Waals surface area contributed by atoms with E-state index in [-0.39, 0.29) is 28.7 Å². The molecule has 2 heterocycles. The number of nitrogens with two attached hydrogens (primary N) is 1. The fraction of sp³-hybridized carbons (Fsp3) is 0.417. The quantitative estimate of drug-likeness (QED) is 0.834. The maximum absolute atomic E-state index is 12.0. The van der Waals surface area contributed by atoms with Crippen molar-refractivity contribution in [1.82, 2.24) is 15.2 Å². The molecule has 1 aliphatic rings. The summed E-state index contributed by atoms with van der Waals surface area (Å²) in [5.41, 5.74) is 5.85. The number of hydrogen-bond acceptors (Lipinski definition) is 4. The minimum absolute atomic E-state index is 0.0495. The standard InChI is InChI=1S/C12H15ClN4O2/c1-17-6-8(2-3-10(17)18)16-12(19)7-4-9(13)11(14)15-5-7/h4-5,8H,2-3,6H2,1H3,(H2,14,15)(H,16,19). The van der Waals surface area contributed by atoms with Crippen molar-refractivity contribution in [3.8, 4) is 0 Å². The number of likely N-dealkylation sites (tertiary alicyclic amines) is 1. The molecule has 1 unspecified atom stereocenters. The molecular formula is C12H15ClN4O2. The van der Waals surface area contributed by atoms with Gasteiger partial charge in [-0.15, -0.1) is 0 Å². The average molecular weight is 283 g/mol. The Morgan fingerprint density at radius 3 is 3.00 bits per heavy atom. The van der Waals surface area contributed by atoms with Crippen LogP contribution in [0.25, 0.3) is 0 Å². The molecule has 19 heavy (non-hydrogen) atoms. The van der Waals surface area contributed by atoms with Crippen molar-refractivity contribution in [1.29, 1.82) is 0 Å². The number of pyridine rings is 1. The molecule has 0 spiro atoms. The third-order valence-electron chi connectivity index (χ3n) is 3.09. The lowest BCUT2D eigenvalue weighted by Crippen LogP contribution is -2.48. The highest BCUT2D eigenvalue weighted by Gasteiger charge is 2.24. The summed E-state index contributed by atoms with van der Waals surface area (Å²) in [5, 5.41) is 3.11. The molecule has 0 aliphatic carbocycles. The lowest BCUT2D eigenvalue weighted by molar-refractivity contribution is -0.132. The largest absolute Gasteiger partial charge is 0.382 e. The third kappa shape index (κ3) is 3.14.